The molecule has 0 unspecified atom stereocenters. The standard InChI is InChI=1S/C18H21N3O3/c1-12(17(22)19-14-9-5-6-10-14)24-18(23)16-11-15(20-21-16)13-7-3-2-4-8-13/h2-4,7-8,11-12,14H,5-6,9-10H2,1H3,(H,19,22)(H,20,21)/t12-/m0/s1. The molecule has 1 heterocycles. The van der Waals surface area contributed by atoms with Crippen molar-refractivity contribution in [3.05, 3.63) is 42.1 Å². The molecule has 6 heteroatoms. The topological polar surface area (TPSA) is 84.1 Å². The molecule has 1 aromatic carbocycles. The predicted octanol–water partition coefficient (Wildman–Crippen LogP) is 2.68. The van der Waals surface area contributed by atoms with E-state index in [0.717, 1.165) is 31.2 Å². The number of carbonyl (C=O) groups is 2. The first-order valence-electron chi connectivity index (χ1n) is 8.25. The first kappa shape index (κ1) is 16.2. The lowest BCUT2D eigenvalue weighted by Crippen LogP contribution is -2.40. The molecule has 1 amide bonds. The zero-order valence-corrected chi connectivity index (χ0v) is 13.6. The maximum Gasteiger partial charge on any atom is 0.357 e. The molecule has 0 spiro atoms. The van der Waals surface area contributed by atoms with Crippen LogP contribution >= 0.6 is 0 Å². The quantitative estimate of drug-likeness (QED) is 0.827. The Morgan fingerprint density at radius 3 is 2.67 bits per heavy atom. The molecule has 0 aliphatic heterocycles. The SMILES string of the molecule is C[C@H](OC(=O)c1cc(-c2ccccc2)n[nH]1)C(=O)NC1CCCC1. The lowest BCUT2D eigenvalue weighted by atomic mass is 10.1. The molecule has 1 fully saturated rings. The Balaban J connectivity index is 1.58. The molecule has 1 aliphatic rings. The number of ether oxygens (including phenoxy) is 1. The van der Waals surface area contributed by atoms with E-state index in [4.69, 9.17) is 4.74 Å². The van der Waals surface area contributed by atoms with Gasteiger partial charge in [-0.1, -0.05) is 43.2 Å². The van der Waals surface area contributed by atoms with Gasteiger partial charge in [-0.3, -0.25) is 9.89 Å². The normalized spacial score (nSPS) is 15.9. The number of amides is 1. The van der Waals surface area contributed by atoms with Gasteiger partial charge < -0.3 is 10.1 Å². The van der Waals surface area contributed by atoms with Crippen LogP contribution in [0.15, 0.2) is 36.4 Å². The van der Waals surface area contributed by atoms with Crippen molar-refractivity contribution in [2.24, 2.45) is 0 Å². The third kappa shape index (κ3) is 3.82. The van der Waals surface area contributed by atoms with Crippen molar-refractivity contribution in [2.75, 3.05) is 0 Å². The molecule has 1 aromatic heterocycles. The van der Waals surface area contributed by atoms with Gasteiger partial charge in [-0.05, 0) is 25.8 Å². The van der Waals surface area contributed by atoms with Gasteiger partial charge >= 0.3 is 5.97 Å². The molecule has 0 saturated heterocycles. The Morgan fingerprint density at radius 1 is 1.25 bits per heavy atom. The third-order valence-electron chi connectivity index (χ3n) is 4.22. The summed E-state index contributed by atoms with van der Waals surface area (Å²) in [4.78, 5) is 24.2. The van der Waals surface area contributed by atoms with Crippen molar-refractivity contribution in [1.82, 2.24) is 15.5 Å². The summed E-state index contributed by atoms with van der Waals surface area (Å²) in [6.07, 6.45) is 3.42. The highest BCUT2D eigenvalue weighted by atomic mass is 16.5. The van der Waals surface area contributed by atoms with E-state index in [-0.39, 0.29) is 17.6 Å². The number of carbonyl (C=O) groups excluding carboxylic acids is 2. The molecule has 0 radical (unpaired) electrons. The van der Waals surface area contributed by atoms with Crippen LogP contribution in [0, 0.1) is 0 Å². The van der Waals surface area contributed by atoms with Gasteiger partial charge in [0, 0.05) is 11.6 Å². The van der Waals surface area contributed by atoms with Gasteiger partial charge in [0.2, 0.25) is 0 Å². The molecular weight excluding hydrogens is 306 g/mol. The fraction of sp³-hybridized carbons (Fsp3) is 0.389. The second kappa shape index (κ2) is 7.29. The van der Waals surface area contributed by atoms with Crippen LogP contribution in [0.1, 0.15) is 43.1 Å². The average Bonchev–Trinajstić information content (AvgIpc) is 3.27. The van der Waals surface area contributed by atoms with Crippen LogP contribution in [0.5, 0.6) is 0 Å². The number of nitrogens with one attached hydrogen (secondary N) is 2. The minimum atomic E-state index is -0.832. The summed E-state index contributed by atoms with van der Waals surface area (Å²) in [6, 6.07) is 11.4. The van der Waals surface area contributed by atoms with E-state index < -0.39 is 12.1 Å². The lowest BCUT2D eigenvalue weighted by Gasteiger charge is -2.16. The monoisotopic (exact) mass is 327 g/mol. The number of H-pyrrole nitrogens is 1. The smallest absolute Gasteiger partial charge is 0.357 e. The van der Waals surface area contributed by atoms with E-state index in [0.29, 0.717) is 5.69 Å². The highest BCUT2D eigenvalue weighted by Crippen LogP contribution is 2.19. The van der Waals surface area contributed by atoms with E-state index in [9.17, 15) is 9.59 Å². The molecule has 3 rings (SSSR count). The molecule has 126 valence electrons. The van der Waals surface area contributed by atoms with Crippen molar-refractivity contribution in [3.63, 3.8) is 0 Å². The van der Waals surface area contributed by atoms with Crippen LogP contribution < -0.4 is 5.32 Å². The van der Waals surface area contributed by atoms with E-state index >= 15 is 0 Å². The Morgan fingerprint density at radius 2 is 1.96 bits per heavy atom. The first-order chi connectivity index (χ1) is 11.6. The van der Waals surface area contributed by atoms with E-state index in [1.54, 1.807) is 13.0 Å². The Labute approximate surface area is 140 Å². The highest BCUT2D eigenvalue weighted by Gasteiger charge is 2.24. The summed E-state index contributed by atoms with van der Waals surface area (Å²) in [7, 11) is 0. The number of esters is 1. The van der Waals surface area contributed by atoms with Crippen LogP contribution in [-0.2, 0) is 9.53 Å². The molecule has 1 saturated carbocycles. The number of aromatic nitrogens is 2. The lowest BCUT2D eigenvalue weighted by molar-refractivity contribution is -0.129. The number of rotatable bonds is 5. The van der Waals surface area contributed by atoms with Crippen LogP contribution in [0.2, 0.25) is 0 Å². The molecule has 6 nitrogen and oxygen atoms in total. The number of benzene rings is 1. The Kier molecular flexibility index (Phi) is 4.93. The highest BCUT2D eigenvalue weighted by molar-refractivity contribution is 5.91. The molecule has 1 aliphatic carbocycles. The van der Waals surface area contributed by atoms with Crippen LogP contribution in [0.4, 0.5) is 0 Å². The van der Waals surface area contributed by atoms with Crippen molar-refractivity contribution in [1.29, 1.82) is 0 Å². The maximum atomic E-state index is 12.2. The molecular formula is C18H21N3O3. The summed E-state index contributed by atoms with van der Waals surface area (Å²) < 4.78 is 5.24. The van der Waals surface area contributed by atoms with E-state index in [1.165, 1.54) is 0 Å². The van der Waals surface area contributed by atoms with Gasteiger partial charge in [-0.15, -0.1) is 0 Å². The number of hydrogen-bond acceptors (Lipinski definition) is 4. The number of nitrogens with zero attached hydrogens (tertiary/aromatic N) is 1. The minimum absolute atomic E-state index is 0.204. The van der Waals surface area contributed by atoms with Crippen molar-refractivity contribution in [3.8, 4) is 11.3 Å². The fourth-order valence-electron chi connectivity index (χ4n) is 2.85. The maximum absolute atomic E-state index is 12.2. The molecule has 0 bridgehead atoms. The van der Waals surface area contributed by atoms with Gasteiger partial charge in [0.15, 0.2) is 6.10 Å². The molecule has 24 heavy (non-hydrogen) atoms. The van der Waals surface area contributed by atoms with Crippen molar-refractivity contribution >= 4 is 11.9 Å². The minimum Gasteiger partial charge on any atom is -0.448 e. The molecule has 2 N–H and O–H groups in total. The second-order valence-corrected chi connectivity index (χ2v) is 6.07. The van der Waals surface area contributed by atoms with Gasteiger partial charge in [-0.25, -0.2) is 4.79 Å². The van der Waals surface area contributed by atoms with E-state index in [1.807, 2.05) is 30.3 Å². The zero-order valence-electron chi connectivity index (χ0n) is 13.6. The van der Waals surface area contributed by atoms with Crippen molar-refractivity contribution < 1.29 is 14.3 Å². The summed E-state index contributed by atoms with van der Waals surface area (Å²) in [6.45, 7) is 1.58. The van der Waals surface area contributed by atoms with Crippen LogP contribution in [-0.4, -0.2) is 34.2 Å². The first-order valence-corrected chi connectivity index (χ1v) is 8.25. The van der Waals surface area contributed by atoms with Crippen LogP contribution in [0.25, 0.3) is 11.3 Å². The largest absolute Gasteiger partial charge is 0.448 e. The predicted molar refractivity (Wildman–Crippen MR) is 89.3 cm³/mol. The number of hydrogen-bond donors (Lipinski definition) is 2. The Hall–Kier alpha value is -2.63. The third-order valence-corrected chi connectivity index (χ3v) is 4.22. The molecule has 2 aromatic rings. The zero-order chi connectivity index (χ0) is 16.9. The summed E-state index contributed by atoms with van der Waals surface area (Å²) in [5, 5.41) is 9.71. The van der Waals surface area contributed by atoms with Gasteiger partial charge in [-0.2, -0.15) is 5.10 Å². The average molecular weight is 327 g/mol. The van der Waals surface area contributed by atoms with Crippen LogP contribution in [0.3, 0.4) is 0 Å². The second-order valence-electron chi connectivity index (χ2n) is 6.07. The Bertz CT molecular complexity index is 705. The summed E-state index contributed by atoms with van der Waals surface area (Å²) in [5.74, 6) is -0.836. The van der Waals surface area contributed by atoms with Gasteiger partial charge in [0.1, 0.15) is 5.69 Å². The summed E-state index contributed by atoms with van der Waals surface area (Å²) >= 11 is 0. The fourth-order valence-corrected chi connectivity index (χ4v) is 2.85. The number of aromatic amines is 1. The molecule has 1 atom stereocenters. The van der Waals surface area contributed by atoms with Crippen molar-refractivity contribution in [2.45, 2.75) is 44.8 Å². The van der Waals surface area contributed by atoms with E-state index in [2.05, 4.69) is 15.5 Å². The summed E-state index contributed by atoms with van der Waals surface area (Å²) in [5.41, 5.74) is 1.79. The van der Waals surface area contributed by atoms with Gasteiger partial charge in [0.25, 0.3) is 5.91 Å². The van der Waals surface area contributed by atoms with Gasteiger partial charge in [0.05, 0.1) is 5.69 Å².